The first-order chi connectivity index (χ1) is 9.99. The van der Waals surface area contributed by atoms with Gasteiger partial charge in [-0.25, -0.2) is 4.79 Å². The molecule has 0 saturated heterocycles. The minimum atomic E-state index is -1.04. The van der Waals surface area contributed by atoms with Crippen molar-refractivity contribution in [2.75, 3.05) is 13.2 Å². The molecule has 1 atom stereocenters. The number of rotatable bonds is 5. The quantitative estimate of drug-likeness (QED) is 0.863. The van der Waals surface area contributed by atoms with Crippen molar-refractivity contribution in [2.45, 2.75) is 26.3 Å². The first kappa shape index (κ1) is 15.2. The van der Waals surface area contributed by atoms with Gasteiger partial charge in [0.2, 0.25) is 0 Å². The molecular formula is C15H19NO5. The van der Waals surface area contributed by atoms with Crippen LogP contribution in [-0.2, 0) is 4.79 Å². The number of carboxylic acids is 1. The van der Waals surface area contributed by atoms with E-state index in [0.29, 0.717) is 36.7 Å². The number of para-hydroxylation sites is 1. The molecule has 1 amide bonds. The van der Waals surface area contributed by atoms with E-state index < -0.39 is 17.9 Å². The molecule has 1 unspecified atom stereocenters. The fraction of sp³-hybridized carbons (Fsp3) is 0.467. The van der Waals surface area contributed by atoms with Crippen LogP contribution in [0.15, 0.2) is 18.2 Å². The van der Waals surface area contributed by atoms with Gasteiger partial charge in [0.15, 0.2) is 11.5 Å². The number of aliphatic carboxylic acids is 1. The van der Waals surface area contributed by atoms with Crippen molar-refractivity contribution in [2.24, 2.45) is 5.92 Å². The van der Waals surface area contributed by atoms with Crippen molar-refractivity contribution in [3.05, 3.63) is 23.8 Å². The number of carbonyl (C=O) groups excluding carboxylic acids is 1. The van der Waals surface area contributed by atoms with E-state index in [9.17, 15) is 14.7 Å². The van der Waals surface area contributed by atoms with Crippen LogP contribution in [0.1, 0.15) is 30.6 Å². The first-order valence-electron chi connectivity index (χ1n) is 6.91. The molecule has 114 valence electrons. The highest BCUT2D eigenvalue weighted by Crippen LogP contribution is 2.33. The van der Waals surface area contributed by atoms with Gasteiger partial charge in [-0.2, -0.15) is 0 Å². The Morgan fingerprint density at radius 2 is 2.00 bits per heavy atom. The summed E-state index contributed by atoms with van der Waals surface area (Å²) in [5.41, 5.74) is 0.294. The molecule has 1 aliphatic rings. The van der Waals surface area contributed by atoms with E-state index in [-0.39, 0.29) is 5.92 Å². The third kappa shape index (κ3) is 3.65. The molecule has 2 N–H and O–H groups in total. The Balaban J connectivity index is 2.18. The largest absolute Gasteiger partial charge is 0.486 e. The lowest BCUT2D eigenvalue weighted by atomic mass is 10.0. The van der Waals surface area contributed by atoms with E-state index in [1.165, 1.54) is 0 Å². The standard InChI is InChI=1S/C15H19NO5/c1-9(2)8-11(15(18)19)16-14(17)10-4-3-5-12-13(10)21-7-6-20-12/h3-5,9,11H,6-8H2,1-2H3,(H,16,17)(H,18,19). The molecule has 0 aliphatic carbocycles. The zero-order valence-corrected chi connectivity index (χ0v) is 12.1. The Bertz CT molecular complexity index is 541. The Hall–Kier alpha value is -2.24. The lowest BCUT2D eigenvalue weighted by Crippen LogP contribution is -2.41. The SMILES string of the molecule is CC(C)CC(NC(=O)c1cccc2c1OCCO2)C(=O)O. The molecule has 6 heteroatoms. The average molecular weight is 293 g/mol. The number of nitrogens with one attached hydrogen (secondary N) is 1. The van der Waals surface area contributed by atoms with Gasteiger partial charge in [-0.3, -0.25) is 4.79 Å². The fourth-order valence-electron chi connectivity index (χ4n) is 2.18. The first-order valence-corrected chi connectivity index (χ1v) is 6.91. The number of fused-ring (bicyclic) bond motifs is 1. The number of hydrogen-bond donors (Lipinski definition) is 2. The van der Waals surface area contributed by atoms with Crippen LogP contribution in [0.5, 0.6) is 11.5 Å². The van der Waals surface area contributed by atoms with Crippen molar-refractivity contribution < 1.29 is 24.2 Å². The highest BCUT2D eigenvalue weighted by atomic mass is 16.6. The molecule has 1 aliphatic heterocycles. The summed E-state index contributed by atoms with van der Waals surface area (Å²) in [5, 5.41) is 11.7. The summed E-state index contributed by atoms with van der Waals surface area (Å²) in [6.45, 7) is 4.61. The van der Waals surface area contributed by atoms with Gasteiger partial charge in [0.1, 0.15) is 19.3 Å². The van der Waals surface area contributed by atoms with Gasteiger partial charge in [-0.05, 0) is 24.5 Å². The number of carboxylic acid groups (broad SMARTS) is 1. The summed E-state index contributed by atoms with van der Waals surface area (Å²) >= 11 is 0. The van der Waals surface area contributed by atoms with Crippen molar-refractivity contribution in [3.63, 3.8) is 0 Å². The van der Waals surface area contributed by atoms with Gasteiger partial charge in [-0.15, -0.1) is 0 Å². The van der Waals surface area contributed by atoms with E-state index in [4.69, 9.17) is 9.47 Å². The molecular weight excluding hydrogens is 274 g/mol. The number of hydrogen-bond acceptors (Lipinski definition) is 4. The van der Waals surface area contributed by atoms with E-state index in [2.05, 4.69) is 5.32 Å². The van der Waals surface area contributed by atoms with E-state index in [1.54, 1.807) is 18.2 Å². The van der Waals surface area contributed by atoms with Gasteiger partial charge in [0.25, 0.3) is 5.91 Å². The number of carbonyl (C=O) groups is 2. The van der Waals surface area contributed by atoms with Crippen LogP contribution in [0.2, 0.25) is 0 Å². The molecule has 0 spiro atoms. The summed E-state index contributed by atoms with van der Waals surface area (Å²) < 4.78 is 10.9. The van der Waals surface area contributed by atoms with E-state index in [1.807, 2.05) is 13.8 Å². The van der Waals surface area contributed by atoms with Gasteiger partial charge < -0.3 is 19.9 Å². The highest BCUT2D eigenvalue weighted by Gasteiger charge is 2.25. The Morgan fingerprint density at radius 3 is 2.67 bits per heavy atom. The van der Waals surface area contributed by atoms with Crippen LogP contribution < -0.4 is 14.8 Å². The second kappa shape index (κ2) is 6.47. The Kier molecular flexibility index (Phi) is 4.67. The third-order valence-corrected chi connectivity index (χ3v) is 3.12. The summed E-state index contributed by atoms with van der Waals surface area (Å²) in [7, 11) is 0. The molecule has 0 bridgehead atoms. The highest BCUT2D eigenvalue weighted by molar-refractivity contribution is 5.99. The summed E-state index contributed by atoms with van der Waals surface area (Å²) in [6.07, 6.45) is 0.369. The maximum atomic E-state index is 12.3. The molecule has 1 heterocycles. The normalized spacial score (nSPS) is 14.6. The van der Waals surface area contributed by atoms with Crippen LogP contribution >= 0.6 is 0 Å². The van der Waals surface area contributed by atoms with Crippen LogP contribution in [0.4, 0.5) is 0 Å². The maximum Gasteiger partial charge on any atom is 0.326 e. The number of amides is 1. The van der Waals surface area contributed by atoms with Crippen LogP contribution in [-0.4, -0.2) is 36.2 Å². The van der Waals surface area contributed by atoms with Crippen molar-refractivity contribution in [3.8, 4) is 11.5 Å². The minimum absolute atomic E-state index is 0.163. The lowest BCUT2D eigenvalue weighted by Gasteiger charge is -2.22. The van der Waals surface area contributed by atoms with Gasteiger partial charge in [0, 0.05) is 0 Å². The molecule has 0 aromatic heterocycles. The predicted molar refractivity (Wildman–Crippen MR) is 75.8 cm³/mol. The summed E-state index contributed by atoms with van der Waals surface area (Å²) in [6, 6.07) is 4.07. The van der Waals surface area contributed by atoms with Gasteiger partial charge in [-0.1, -0.05) is 19.9 Å². The van der Waals surface area contributed by atoms with Gasteiger partial charge >= 0.3 is 5.97 Å². The van der Waals surface area contributed by atoms with Crippen LogP contribution in [0.25, 0.3) is 0 Å². The molecule has 1 aromatic carbocycles. The topological polar surface area (TPSA) is 84.9 Å². The molecule has 21 heavy (non-hydrogen) atoms. The smallest absolute Gasteiger partial charge is 0.326 e. The molecule has 0 saturated carbocycles. The average Bonchev–Trinajstić information content (AvgIpc) is 2.45. The fourth-order valence-corrected chi connectivity index (χ4v) is 2.18. The maximum absolute atomic E-state index is 12.3. The predicted octanol–water partition coefficient (Wildman–Crippen LogP) is 1.69. The van der Waals surface area contributed by atoms with Crippen LogP contribution in [0, 0.1) is 5.92 Å². The number of benzene rings is 1. The molecule has 1 aromatic rings. The van der Waals surface area contributed by atoms with Crippen molar-refractivity contribution in [1.29, 1.82) is 0 Å². The third-order valence-electron chi connectivity index (χ3n) is 3.12. The van der Waals surface area contributed by atoms with E-state index in [0.717, 1.165) is 0 Å². The molecule has 6 nitrogen and oxygen atoms in total. The number of ether oxygens (including phenoxy) is 2. The molecule has 0 fully saturated rings. The summed E-state index contributed by atoms with van der Waals surface area (Å²) in [5.74, 6) is -0.473. The van der Waals surface area contributed by atoms with Crippen molar-refractivity contribution >= 4 is 11.9 Å². The minimum Gasteiger partial charge on any atom is -0.486 e. The van der Waals surface area contributed by atoms with Gasteiger partial charge in [0.05, 0.1) is 5.56 Å². The zero-order chi connectivity index (χ0) is 15.4. The van der Waals surface area contributed by atoms with E-state index >= 15 is 0 Å². The summed E-state index contributed by atoms with van der Waals surface area (Å²) in [4.78, 5) is 23.5. The lowest BCUT2D eigenvalue weighted by molar-refractivity contribution is -0.139. The van der Waals surface area contributed by atoms with Crippen molar-refractivity contribution in [1.82, 2.24) is 5.32 Å². The second-order valence-corrected chi connectivity index (χ2v) is 5.32. The molecule has 2 rings (SSSR count). The van der Waals surface area contributed by atoms with Crippen LogP contribution in [0.3, 0.4) is 0 Å². The zero-order valence-electron chi connectivity index (χ0n) is 12.1. The molecule has 0 radical (unpaired) electrons. The monoisotopic (exact) mass is 293 g/mol. The second-order valence-electron chi connectivity index (χ2n) is 5.32. The Labute approximate surface area is 123 Å². The Morgan fingerprint density at radius 1 is 1.29 bits per heavy atom.